The Balaban J connectivity index is 2.37. The lowest BCUT2D eigenvalue weighted by atomic mass is 9.91. The van der Waals surface area contributed by atoms with Crippen molar-refractivity contribution in [3.05, 3.63) is 39.0 Å². The van der Waals surface area contributed by atoms with Crippen LogP contribution in [0.1, 0.15) is 53.5 Å². The number of carbonyl (C=O) groups excluding carboxylic acids is 1. The molecule has 1 heterocycles. The van der Waals surface area contributed by atoms with Crippen molar-refractivity contribution in [3.8, 4) is 0 Å². The van der Waals surface area contributed by atoms with Crippen LogP contribution >= 0.6 is 31.9 Å². The normalized spacial score (nSPS) is 19.6. The quantitative estimate of drug-likeness (QED) is 0.322. The zero-order chi connectivity index (χ0) is 20.7. The van der Waals surface area contributed by atoms with Gasteiger partial charge in [0.2, 0.25) is 0 Å². The van der Waals surface area contributed by atoms with Crippen LogP contribution in [0.5, 0.6) is 0 Å². The van der Waals surface area contributed by atoms with Crippen LogP contribution in [0.25, 0.3) is 0 Å². The maximum atomic E-state index is 12.6. The molecule has 1 aromatic rings. The van der Waals surface area contributed by atoms with E-state index in [4.69, 9.17) is 4.43 Å². The van der Waals surface area contributed by atoms with Gasteiger partial charge in [-0.25, -0.2) is 0 Å². The van der Waals surface area contributed by atoms with E-state index in [0.717, 1.165) is 4.47 Å². The van der Waals surface area contributed by atoms with Gasteiger partial charge in [-0.15, -0.1) is 0 Å². The molecule has 0 unspecified atom stereocenters. The van der Waals surface area contributed by atoms with Gasteiger partial charge in [-0.1, -0.05) is 80.0 Å². The first kappa shape index (κ1) is 22.7. The fraction of sp³-hybridized carbons (Fsp3) is 0.550. The minimum absolute atomic E-state index is 0.0347. The van der Waals surface area contributed by atoms with Crippen LogP contribution in [0.2, 0.25) is 16.6 Å². The Hall–Kier alpha value is -0.633. The number of amides is 1. The van der Waals surface area contributed by atoms with E-state index < -0.39 is 19.8 Å². The number of carbonyl (C=O) groups is 1. The SMILES string of the molecule is C=C(C[C@]1(O)C(=O)Nc2cc(Br)cc(Br)c21)O[Si](C(C)C)(C(C)C)C(C)C. The van der Waals surface area contributed by atoms with E-state index >= 15 is 0 Å². The van der Waals surface area contributed by atoms with Gasteiger partial charge in [0.25, 0.3) is 14.2 Å². The van der Waals surface area contributed by atoms with Crippen LogP contribution in [-0.2, 0) is 14.8 Å². The summed E-state index contributed by atoms with van der Waals surface area (Å²) in [5.41, 5.74) is 0.587. The zero-order valence-corrected chi connectivity index (χ0v) is 21.0. The number of rotatable bonds is 7. The molecule has 0 bridgehead atoms. The van der Waals surface area contributed by atoms with Gasteiger partial charge in [0, 0.05) is 26.6 Å². The van der Waals surface area contributed by atoms with Crippen LogP contribution in [0, 0.1) is 0 Å². The highest BCUT2D eigenvalue weighted by atomic mass is 79.9. The van der Waals surface area contributed by atoms with E-state index in [9.17, 15) is 9.90 Å². The summed E-state index contributed by atoms with van der Waals surface area (Å²) in [5, 5.41) is 14.1. The molecular weight excluding hydrogens is 490 g/mol. The van der Waals surface area contributed by atoms with E-state index in [-0.39, 0.29) is 6.42 Å². The lowest BCUT2D eigenvalue weighted by molar-refractivity contribution is -0.134. The molecule has 1 aromatic carbocycles. The first-order chi connectivity index (χ1) is 12.4. The van der Waals surface area contributed by atoms with Crippen molar-refractivity contribution < 1.29 is 14.3 Å². The second-order valence-corrected chi connectivity index (χ2v) is 15.4. The average molecular weight is 519 g/mol. The van der Waals surface area contributed by atoms with Crippen molar-refractivity contribution in [2.24, 2.45) is 0 Å². The highest BCUT2D eigenvalue weighted by molar-refractivity contribution is 9.11. The third kappa shape index (κ3) is 3.93. The molecule has 1 amide bonds. The van der Waals surface area contributed by atoms with Crippen LogP contribution in [-0.4, -0.2) is 19.3 Å². The van der Waals surface area contributed by atoms with Gasteiger partial charge in [-0.3, -0.25) is 4.79 Å². The summed E-state index contributed by atoms with van der Waals surface area (Å²) in [7, 11) is -2.19. The molecule has 0 radical (unpaired) electrons. The molecular formula is C20H29Br2NO3Si. The Morgan fingerprint density at radius 2 is 1.70 bits per heavy atom. The standard InChI is InChI=1S/C20H29Br2NO3Si/c1-11(2)27(12(3)4,13(5)6)26-14(7)10-20(25)18-16(22)8-15(21)9-17(18)23-19(20)24/h8-9,11-13,25H,7,10H2,1-6H3,(H,23,24)/t20-/m1/s1. The summed E-state index contributed by atoms with van der Waals surface area (Å²) in [4.78, 5) is 12.6. The van der Waals surface area contributed by atoms with Crippen LogP contribution in [0.4, 0.5) is 5.69 Å². The zero-order valence-electron chi connectivity index (χ0n) is 16.8. The van der Waals surface area contributed by atoms with E-state index in [1.807, 2.05) is 6.07 Å². The van der Waals surface area contributed by atoms with Crippen molar-refractivity contribution in [2.75, 3.05) is 5.32 Å². The van der Waals surface area contributed by atoms with E-state index in [0.29, 0.717) is 38.1 Å². The fourth-order valence-electron chi connectivity index (χ4n) is 4.53. The topological polar surface area (TPSA) is 58.6 Å². The molecule has 150 valence electrons. The molecule has 1 atom stereocenters. The third-order valence-electron chi connectivity index (χ3n) is 5.57. The molecule has 2 rings (SSSR count). The molecule has 0 aliphatic carbocycles. The number of aliphatic hydroxyl groups is 1. The van der Waals surface area contributed by atoms with Gasteiger partial charge < -0.3 is 14.8 Å². The van der Waals surface area contributed by atoms with Crippen molar-refractivity contribution in [2.45, 2.75) is 70.2 Å². The molecule has 0 saturated carbocycles. The van der Waals surface area contributed by atoms with E-state index in [1.54, 1.807) is 6.07 Å². The molecule has 1 aliphatic rings. The summed E-state index contributed by atoms with van der Waals surface area (Å²) in [6.07, 6.45) is 0.0347. The number of halogens is 2. The summed E-state index contributed by atoms with van der Waals surface area (Å²) in [6.45, 7) is 17.3. The van der Waals surface area contributed by atoms with Gasteiger partial charge in [-0.2, -0.15) is 0 Å². The first-order valence-electron chi connectivity index (χ1n) is 9.26. The molecule has 4 nitrogen and oxygen atoms in total. The predicted octanol–water partition coefficient (Wildman–Crippen LogP) is 6.45. The number of hydrogen-bond donors (Lipinski definition) is 2. The van der Waals surface area contributed by atoms with Crippen molar-refractivity contribution in [3.63, 3.8) is 0 Å². The lowest BCUT2D eigenvalue weighted by Gasteiger charge is -2.43. The van der Waals surface area contributed by atoms with Gasteiger partial charge in [0.1, 0.15) is 0 Å². The van der Waals surface area contributed by atoms with Gasteiger partial charge in [0.15, 0.2) is 5.60 Å². The number of fused-ring (bicyclic) bond motifs is 1. The number of nitrogens with one attached hydrogen (secondary N) is 1. The maximum Gasteiger partial charge on any atom is 0.261 e. The summed E-state index contributed by atoms with van der Waals surface area (Å²) in [6, 6.07) is 3.61. The molecule has 0 saturated heterocycles. The summed E-state index contributed by atoms with van der Waals surface area (Å²) < 4.78 is 8.04. The van der Waals surface area contributed by atoms with Gasteiger partial charge in [0.05, 0.1) is 5.76 Å². The van der Waals surface area contributed by atoms with Crippen molar-refractivity contribution in [1.82, 2.24) is 0 Å². The first-order valence-corrected chi connectivity index (χ1v) is 13.0. The molecule has 2 N–H and O–H groups in total. The highest BCUT2D eigenvalue weighted by Gasteiger charge is 2.51. The Kier molecular flexibility index (Phi) is 6.72. The van der Waals surface area contributed by atoms with Gasteiger partial charge in [-0.05, 0) is 28.8 Å². The molecule has 0 fully saturated rings. The molecule has 1 aliphatic heterocycles. The molecule has 27 heavy (non-hydrogen) atoms. The van der Waals surface area contributed by atoms with E-state index in [1.165, 1.54) is 0 Å². The largest absolute Gasteiger partial charge is 0.546 e. The number of hydrogen-bond acceptors (Lipinski definition) is 3. The van der Waals surface area contributed by atoms with Gasteiger partial charge >= 0.3 is 0 Å². The number of anilines is 1. The fourth-order valence-corrected chi connectivity index (χ4v) is 11.4. The average Bonchev–Trinajstić information content (AvgIpc) is 2.74. The predicted molar refractivity (Wildman–Crippen MR) is 120 cm³/mol. The second kappa shape index (κ2) is 8.01. The Labute approximate surface area is 180 Å². The Morgan fingerprint density at radius 3 is 2.19 bits per heavy atom. The van der Waals surface area contributed by atoms with Crippen LogP contribution < -0.4 is 5.32 Å². The summed E-state index contributed by atoms with van der Waals surface area (Å²) in [5.74, 6) is 0.0186. The summed E-state index contributed by atoms with van der Waals surface area (Å²) >= 11 is 6.89. The Morgan fingerprint density at radius 1 is 1.19 bits per heavy atom. The minimum Gasteiger partial charge on any atom is -0.546 e. The number of benzene rings is 1. The lowest BCUT2D eigenvalue weighted by Crippen LogP contribution is -2.48. The van der Waals surface area contributed by atoms with Crippen molar-refractivity contribution >= 4 is 51.8 Å². The van der Waals surface area contributed by atoms with Crippen LogP contribution in [0.15, 0.2) is 33.4 Å². The minimum atomic E-state index is -2.19. The highest BCUT2D eigenvalue weighted by Crippen LogP contribution is 2.48. The molecule has 0 spiro atoms. The third-order valence-corrected chi connectivity index (χ3v) is 12.7. The van der Waals surface area contributed by atoms with Crippen LogP contribution in [0.3, 0.4) is 0 Å². The monoisotopic (exact) mass is 517 g/mol. The Bertz CT molecular complexity index is 742. The molecule has 0 aromatic heterocycles. The maximum absolute atomic E-state index is 12.6. The second-order valence-electron chi connectivity index (χ2n) is 8.26. The van der Waals surface area contributed by atoms with Crippen molar-refractivity contribution in [1.29, 1.82) is 0 Å². The molecule has 7 heteroatoms. The van der Waals surface area contributed by atoms with E-state index in [2.05, 4.69) is 85.3 Å². The smallest absolute Gasteiger partial charge is 0.261 e.